The van der Waals surface area contributed by atoms with Gasteiger partial charge in [0.25, 0.3) is 0 Å². The Hall–Kier alpha value is -1.76. The first-order valence-electron chi connectivity index (χ1n) is 6.58. The molecule has 0 heterocycles. The van der Waals surface area contributed by atoms with Crippen molar-refractivity contribution in [2.75, 3.05) is 6.61 Å². The molecule has 0 aliphatic carbocycles. The van der Waals surface area contributed by atoms with E-state index in [0.29, 0.717) is 0 Å². The van der Waals surface area contributed by atoms with Gasteiger partial charge in [0, 0.05) is 0 Å². The summed E-state index contributed by atoms with van der Waals surface area (Å²) in [7, 11) is 0. The second-order valence-corrected chi connectivity index (χ2v) is 4.38. The number of hydrogen-bond donors (Lipinski definition) is 0. The predicted molar refractivity (Wildman–Crippen MR) is 74.8 cm³/mol. The fourth-order valence-electron chi connectivity index (χ4n) is 1.91. The summed E-state index contributed by atoms with van der Waals surface area (Å²) in [6, 6.07) is 21.3. The molecule has 0 aliphatic heterocycles. The van der Waals surface area contributed by atoms with Crippen LogP contribution >= 0.6 is 0 Å². The van der Waals surface area contributed by atoms with Gasteiger partial charge in [-0.3, -0.25) is 0 Å². The van der Waals surface area contributed by atoms with Crippen molar-refractivity contribution in [3.05, 3.63) is 66.2 Å². The van der Waals surface area contributed by atoms with Crippen molar-refractivity contribution in [2.45, 2.75) is 25.7 Å². The normalized spacial score (nSPS) is 10.2. The van der Waals surface area contributed by atoms with Gasteiger partial charge in [-0.15, -0.1) is 0 Å². The molecule has 1 nitrogen and oxygen atoms in total. The Morgan fingerprint density at radius 3 is 2.56 bits per heavy atom. The van der Waals surface area contributed by atoms with E-state index in [2.05, 4.69) is 36.4 Å². The average molecular weight is 239 g/mol. The Morgan fingerprint density at radius 1 is 0.889 bits per heavy atom. The number of hydrogen-bond acceptors (Lipinski definition) is 1. The van der Waals surface area contributed by atoms with Crippen LogP contribution in [0.3, 0.4) is 0 Å². The summed E-state index contributed by atoms with van der Waals surface area (Å²) in [5.41, 5.74) is 1.43. The van der Waals surface area contributed by atoms with E-state index in [1.807, 2.05) is 24.3 Å². The van der Waals surface area contributed by atoms with Gasteiger partial charge in [-0.1, -0.05) is 42.5 Å². The van der Waals surface area contributed by atoms with Crippen molar-refractivity contribution in [1.82, 2.24) is 0 Å². The van der Waals surface area contributed by atoms with Crippen molar-refractivity contribution < 1.29 is 4.74 Å². The minimum absolute atomic E-state index is 0.798. The molecule has 0 aromatic heterocycles. The summed E-state index contributed by atoms with van der Waals surface area (Å²) in [5, 5.41) is 0. The molecule has 0 saturated carbocycles. The van der Waals surface area contributed by atoms with Crippen molar-refractivity contribution in [3.63, 3.8) is 0 Å². The van der Waals surface area contributed by atoms with Crippen LogP contribution in [0.2, 0.25) is 0 Å². The lowest BCUT2D eigenvalue weighted by Crippen LogP contribution is -1.97. The molecular formula is C17H19O. The van der Waals surface area contributed by atoms with Gasteiger partial charge in [0.1, 0.15) is 5.75 Å². The summed E-state index contributed by atoms with van der Waals surface area (Å²) in [6.07, 6.45) is 4.72. The lowest BCUT2D eigenvalue weighted by atomic mass is 10.1. The zero-order valence-corrected chi connectivity index (χ0v) is 10.6. The second kappa shape index (κ2) is 7.54. The quantitative estimate of drug-likeness (QED) is 0.655. The van der Waals surface area contributed by atoms with E-state index in [0.717, 1.165) is 18.8 Å². The molecule has 0 amide bonds. The molecule has 18 heavy (non-hydrogen) atoms. The van der Waals surface area contributed by atoms with Gasteiger partial charge in [-0.05, 0) is 49.4 Å². The third-order valence-electron chi connectivity index (χ3n) is 2.90. The van der Waals surface area contributed by atoms with Crippen LogP contribution in [0.5, 0.6) is 5.75 Å². The van der Waals surface area contributed by atoms with Crippen molar-refractivity contribution >= 4 is 0 Å². The summed E-state index contributed by atoms with van der Waals surface area (Å²) in [4.78, 5) is 0. The van der Waals surface area contributed by atoms with Gasteiger partial charge in [-0.2, -0.15) is 0 Å². The van der Waals surface area contributed by atoms with Gasteiger partial charge in [-0.25, -0.2) is 0 Å². The molecule has 0 bridgehead atoms. The van der Waals surface area contributed by atoms with Crippen LogP contribution in [0.15, 0.2) is 54.6 Å². The number of ether oxygens (including phenoxy) is 1. The van der Waals surface area contributed by atoms with Crippen molar-refractivity contribution in [2.24, 2.45) is 0 Å². The molecule has 0 aliphatic rings. The SMILES string of the molecule is [c]1cccc(OCCCCCc2ccccc2)c1. The third kappa shape index (κ3) is 4.62. The molecule has 0 spiro atoms. The highest BCUT2D eigenvalue weighted by Gasteiger charge is 1.94. The molecule has 1 radical (unpaired) electrons. The minimum atomic E-state index is 0.798. The lowest BCUT2D eigenvalue weighted by molar-refractivity contribution is 0.305. The highest BCUT2D eigenvalue weighted by Crippen LogP contribution is 2.10. The maximum Gasteiger partial charge on any atom is 0.119 e. The number of benzene rings is 2. The molecule has 0 unspecified atom stereocenters. The highest BCUT2D eigenvalue weighted by molar-refractivity contribution is 5.19. The zero-order chi connectivity index (χ0) is 12.5. The van der Waals surface area contributed by atoms with E-state index in [1.54, 1.807) is 0 Å². The van der Waals surface area contributed by atoms with Crippen LogP contribution < -0.4 is 4.74 Å². The molecule has 0 fully saturated rings. The Balaban J connectivity index is 1.54. The van der Waals surface area contributed by atoms with Gasteiger partial charge in [0.2, 0.25) is 0 Å². The molecule has 1 heteroatoms. The van der Waals surface area contributed by atoms with E-state index in [1.165, 1.54) is 24.8 Å². The smallest absolute Gasteiger partial charge is 0.119 e. The monoisotopic (exact) mass is 239 g/mol. The van der Waals surface area contributed by atoms with Crippen molar-refractivity contribution in [1.29, 1.82) is 0 Å². The minimum Gasteiger partial charge on any atom is -0.494 e. The Kier molecular flexibility index (Phi) is 5.32. The van der Waals surface area contributed by atoms with Crippen LogP contribution in [0.1, 0.15) is 24.8 Å². The van der Waals surface area contributed by atoms with E-state index in [9.17, 15) is 0 Å². The largest absolute Gasteiger partial charge is 0.494 e. The molecule has 2 rings (SSSR count). The second-order valence-electron chi connectivity index (χ2n) is 4.38. The fraction of sp³-hybridized carbons (Fsp3) is 0.294. The van der Waals surface area contributed by atoms with Gasteiger partial charge < -0.3 is 4.74 Å². The van der Waals surface area contributed by atoms with Crippen LogP contribution in [-0.2, 0) is 6.42 Å². The topological polar surface area (TPSA) is 9.23 Å². The van der Waals surface area contributed by atoms with Crippen LogP contribution in [0.4, 0.5) is 0 Å². The van der Waals surface area contributed by atoms with E-state index >= 15 is 0 Å². The Labute approximate surface area is 109 Å². The maximum atomic E-state index is 5.63. The number of unbranched alkanes of at least 4 members (excludes halogenated alkanes) is 2. The molecule has 0 atom stereocenters. The van der Waals surface area contributed by atoms with Crippen LogP contribution in [-0.4, -0.2) is 6.61 Å². The fourth-order valence-corrected chi connectivity index (χ4v) is 1.91. The van der Waals surface area contributed by atoms with Crippen molar-refractivity contribution in [3.8, 4) is 5.75 Å². The first kappa shape index (κ1) is 12.7. The molecular weight excluding hydrogens is 220 g/mol. The highest BCUT2D eigenvalue weighted by atomic mass is 16.5. The number of rotatable bonds is 7. The lowest BCUT2D eigenvalue weighted by Gasteiger charge is -2.05. The maximum absolute atomic E-state index is 5.63. The summed E-state index contributed by atoms with van der Waals surface area (Å²) in [5.74, 6) is 0.917. The Bertz CT molecular complexity index is 378. The average Bonchev–Trinajstić information content (AvgIpc) is 2.45. The summed E-state index contributed by atoms with van der Waals surface area (Å²) < 4.78 is 5.63. The van der Waals surface area contributed by atoms with Gasteiger partial charge >= 0.3 is 0 Å². The summed E-state index contributed by atoms with van der Waals surface area (Å²) >= 11 is 0. The third-order valence-corrected chi connectivity index (χ3v) is 2.90. The van der Waals surface area contributed by atoms with E-state index in [4.69, 9.17) is 4.74 Å². The Morgan fingerprint density at radius 2 is 1.78 bits per heavy atom. The molecule has 2 aromatic rings. The molecule has 0 saturated heterocycles. The van der Waals surface area contributed by atoms with Gasteiger partial charge in [0.15, 0.2) is 0 Å². The standard InChI is InChI=1S/C17H19O/c1-4-10-16(11-5-1)12-6-3-9-15-18-17-13-7-2-8-14-17/h1-2,4-5,7,10-11,13-14H,3,6,9,12,15H2. The van der Waals surface area contributed by atoms with Crippen LogP contribution in [0, 0.1) is 6.07 Å². The zero-order valence-electron chi connectivity index (χ0n) is 10.6. The van der Waals surface area contributed by atoms with E-state index < -0.39 is 0 Å². The first-order valence-corrected chi connectivity index (χ1v) is 6.58. The van der Waals surface area contributed by atoms with Gasteiger partial charge in [0.05, 0.1) is 6.61 Å². The molecule has 0 N–H and O–H groups in total. The van der Waals surface area contributed by atoms with Crippen LogP contribution in [0.25, 0.3) is 0 Å². The van der Waals surface area contributed by atoms with E-state index in [-0.39, 0.29) is 0 Å². The molecule has 2 aromatic carbocycles. The number of aryl methyl sites for hydroxylation is 1. The predicted octanol–water partition coefficient (Wildman–Crippen LogP) is 4.28. The molecule has 93 valence electrons. The summed E-state index contributed by atoms with van der Waals surface area (Å²) in [6.45, 7) is 0.798. The first-order chi connectivity index (χ1) is 8.95.